The number of imide groups is 1. The number of fused-ring (bicyclic) bond motifs is 1. The first-order chi connectivity index (χ1) is 14.5. The Morgan fingerprint density at radius 1 is 1.26 bits per heavy atom. The van der Waals surface area contributed by atoms with E-state index >= 15 is 0 Å². The summed E-state index contributed by atoms with van der Waals surface area (Å²) >= 11 is 0. The van der Waals surface area contributed by atoms with Crippen molar-refractivity contribution >= 4 is 40.9 Å². The summed E-state index contributed by atoms with van der Waals surface area (Å²) in [6, 6.07) is -1.30. The predicted octanol–water partition coefficient (Wildman–Crippen LogP) is -0.540. The lowest BCUT2D eigenvalue weighted by atomic mass is 10.0. The third-order valence-corrected chi connectivity index (χ3v) is 4.53. The zero-order valence-electron chi connectivity index (χ0n) is 17.5. The van der Waals surface area contributed by atoms with Gasteiger partial charge in [-0.3, -0.25) is 19.3 Å². The Morgan fingerprint density at radius 2 is 1.97 bits per heavy atom. The minimum absolute atomic E-state index is 0.154. The number of likely N-dealkylation sites (tertiary alicyclic amines) is 1. The van der Waals surface area contributed by atoms with Crippen LogP contribution >= 0.6 is 0 Å². The standard InChI is InChI=1S/C18H23N7O6/c1-18(2,3)31-17(29)23-11-9(16(28)30-4)5-25(15(11)27)10(26)6-24-8-22-12-13(19)20-7-21-14(12)24/h7-9,11H,5-6H2,1-4H3,(H,23,29)(H2,19,20,21)/t9-,11+/m0/s1. The second-order valence-electron chi connectivity index (χ2n) is 7.90. The van der Waals surface area contributed by atoms with E-state index in [0.29, 0.717) is 11.2 Å². The van der Waals surface area contributed by atoms with Crippen molar-refractivity contribution in [2.75, 3.05) is 19.4 Å². The molecule has 3 amide bonds. The number of hydrogen-bond acceptors (Lipinski definition) is 10. The zero-order chi connectivity index (χ0) is 22.9. The first-order valence-corrected chi connectivity index (χ1v) is 9.34. The highest BCUT2D eigenvalue weighted by Crippen LogP contribution is 2.22. The molecule has 1 aliphatic heterocycles. The molecule has 3 N–H and O–H groups in total. The average Bonchev–Trinajstić information content (AvgIpc) is 3.22. The Labute approximate surface area is 176 Å². The number of ether oxygens (including phenoxy) is 2. The Balaban J connectivity index is 1.79. The van der Waals surface area contributed by atoms with E-state index in [1.54, 1.807) is 20.8 Å². The van der Waals surface area contributed by atoms with Crippen molar-refractivity contribution in [2.24, 2.45) is 5.92 Å². The van der Waals surface area contributed by atoms with Crippen LogP contribution in [-0.4, -0.2) is 73.6 Å². The summed E-state index contributed by atoms with van der Waals surface area (Å²) in [5, 5.41) is 2.37. The molecule has 1 fully saturated rings. The van der Waals surface area contributed by atoms with Crippen molar-refractivity contribution in [1.82, 2.24) is 29.7 Å². The summed E-state index contributed by atoms with van der Waals surface area (Å²) < 4.78 is 11.3. The first kappa shape index (κ1) is 21.9. The highest BCUT2D eigenvalue weighted by Gasteiger charge is 2.48. The third-order valence-electron chi connectivity index (χ3n) is 4.53. The lowest BCUT2D eigenvalue weighted by Crippen LogP contribution is -2.48. The smallest absolute Gasteiger partial charge is 0.408 e. The van der Waals surface area contributed by atoms with Gasteiger partial charge in [-0.1, -0.05) is 0 Å². The van der Waals surface area contributed by atoms with Gasteiger partial charge in [0, 0.05) is 6.54 Å². The summed E-state index contributed by atoms with van der Waals surface area (Å²) in [6.07, 6.45) is 1.69. The van der Waals surface area contributed by atoms with Crippen molar-refractivity contribution in [1.29, 1.82) is 0 Å². The van der Waals surface area contributed by atoms with Gasteiger partial charge in [0.25, 0.3) is 5.91 Å². The second kappa shape index (κ2) is 8.16. The molecule has 2 atom stereocenters. The fraction of sp³-hybridized carbons (Fsp3) is 0.500. The number of imidazole rings is 1. The number of carbonyl (C=O) groups is 4. The van der Waals surface area contributed by atoms with E-state index in [9.17, 15) is 19.2 Å². The number of nitrogens with one attached hydrogen (secondary N) is 1. The number of anilines is 1. The summed E-state index contributed by atoms with van der Waals surface area (Å²) in [6.45, 7) is 4.42. The first-order valence-electron chi connectivity index (χ1n) is 9.34. The molecule has 2 aromatic heterocycles. The van der Waals surface area contributed by atoms with Crippen LogP contribution in [0.5, 0.6) is 0 Å². The number of esters is 1. The number of methoxy groups -OCH3 is 1. The molecule has 0 aliphatic carbocycles. The molecule has 0 saturated carbocycles. The fourth-order valence-electron chi connectivity index (χ4n) is 3.16. The number of nitrogens with two attached hydrogens (primary N) is 1. The number of rotatable bonds is 4. The van der Waals surface area contributed by atoms with E-state index in [0.717, 1.165) is 12.0 Å². The molecule has 13 heteroatoms. The van der Waals surface area contributed by atoms with Crippen molar-refractivity contribution in [3.05, 3.63) is 12.7 Å². The quantitative estimate of drug-likeness (QED) is 0.596. The molecular weight excluding hydrogens is 410 g/mol. The molecule has 1 saturated heterocycles. The van der Waals surface area contributed by atoms with Gasteiger partial charge in [-0.25, -0.2) is 19.7 Å². The fourth-order valence-corrected chi connectivity index (χ4v) is 3.16. The molecule has 0 bridgehead atoms. The molecule has 3 rings (SSSR count). The van der Waals surface area contributed by atoms with Crippen molar-refractivity contribution < 1.29 is 28.7 Å². The molecular formula is C18H23N7O6. The van der Waals surface area contributed by atoms with Crippen molar-refractivity contribution in [3.8, 4) is 0 Å². The van der Waals surface area contributed by atoms with Crippen LogP contribution in [0.4, 0.5) is 10.6 Å². The Kier molecular flexibility index (Phi) is 5.77. The summed E-state index contributed by atoms with van der Waals surface area (Å²) in [5.74, 6) is -3.03. The summed E-state index contributed by atoms with van der Waals surface area (Å²) in [7, 11) is 1.16. The van der Waals surface area contributed by atoms with Crippen molar-refractivity contribution in [3.63, 3.8) is 0 Å². The molecule has 0 spiro atoms. The Hall–Kier alpha value is -3.77. The van der Waals surface area contributed by atoms with Crippen LogP contribution < -0.4 is 11.1 Å². The molecule has 3 heterocycles. The SMILES string of the molecule is COC(=O)[C@H]1CN(C(=O)Cn2cnc3c(N)ncnc32)C(=O)[C@@H]1NC(=O)OC(C)(C)C. The maximum atomic E-state index is 12.9. The molecule has 0 unspecified atom stereocenters. The van der Waals surface area contributed by atoms with Gasteiger partial charge in [-0.05, 0) is 20.8 Å². The lowest BCUT2D eigenvalue weighted by Gasteiger charge is -2.22. The maximum absolute atomic E-state index is 12.9. The summed E-state index contributed by atoms with van der Waals surface area (Å²) in [5.41, 5.74) is 5.57. The number of hydrogen-bond donors (Lipinski definition) is 2. The van der Waals surface area contributed by atoms with E-state index in [1.807, 2.05) is 0 Å². The monoisotopic (exact) mass is 433 g/mol. The number of alkyl carbamates (subject to hydrolysis) is 1. The van der Waals surface area contributed by atoms with Crippen LogP contribution in [0.15, 0.2) is 12.7 Å². The van der Waals surface area contributed by atoms with E-state index in [2.05, 4.69) is 20.3 Å². The molecule has 166 valence electrons. The van der Waals surface area contributed by atoms with Gasteiger partial charge in [0.1, 0.15) is 35.9 Å². The van der Waals surface area contributed by atoms with Crippen molar-refractivity contribution in [2.45, 2.75) is 39.0 Å². The normalized spacial score (nSPS) is 18.8. The van der Waals surface area contributed by atoms with Gasteiger partial charge in [0.15, 0.2) is 11.5 Å². The van der Waals surface area contributed by atoms with Gasteiger partial charge < -0.3 is 25.1 Å². The van der Waals surface area contributed by atoms with Gasteiger partial charge in [0.2, 0.25) is 5.91 Å². The number of amides is 3. The van der Waals surface area contributed by atoms with Crippen LogP contribution in [0.3, 0.4) is 0 Å². The highest BCUT2D eigenvalue weighted by atomic mass is 16.6. The molecule has 31 heavy (non-hydrogen) atoms. The zero-order valence-corrected chi connectivity index (χ0v) is 17.5. The summed E-state index contributed by atoms with van der Waals surface area (Å²) in [4.78, 5) is 62.9. The molecule has 13 nitrogen and oxygen atoms in total. The maximum Gasteiger partial charge on any atom is 0.408 e. The molecule has 0 aromatic carbocycles. The Morgan fingerprint density at radius 3 is 2.61 bits per heavy atom. The van der Waals surface area contributed by atoms with Gasteiger partial charge in [-0.15, -0.1) is 0 Å². The van der Waals surface area contributed by atoms with E-state index in [4.69, 9.17) is 15.2 Å². The largest absolute Gasteiger partial charge is 0.469 e. The molecule has 0 radical (unpaired) electrons. The number of nitrogens with zero attached hydrogens (tertiary/aromatic N) is 5. The third kappa shape index (κ3) is 4.54. The second-order valence-corrected chi connectivity index (χ2v) is 7.90. The number of nitrogen functional groups attached to an aromatic ring is 1. The number of aromatic nitrogens is 4. The van der Waals surface area contributed by atoms with E-state index < -0.39 is 41.4 Å². The van der Waals surface area contributed by atoms with Crippen LogP contribution in [0.2, 0.25) is 0 Å². The predicted molar refractivity (Wildman–Crippen MR) is 105 cm³/mol. The van der Waals surface area contributed by atoms with E-state index in [-0.39, 0.29) is 18.9 Å². The minimum atomic E-state index is -1.30. The van der Waals surface area contributed by atoms with E-state index in [1.165, 1.54) is 17.2 Å². The van der Waals surface area contributed by atoms with Crippen LogP contribution in [0.25, 0.3) is 11.2 Å². The average molecular weight is 433 g/mol. The van der Waals surface area contributed by atoms with Gasteiger partial charge in [-0.2, -0.15) is 0 Å². The Bertz CT molecular complexity index is 1040. The van der Waals surface area contributed by atoms with Gasteiger partial charge >= 0.3 is 12.1 Å². The lowest BCUT2D eigenvalue weighted by molar-refractivity contribution is -0.146. The number of carbonyl (C=O) groups excluding carboxylic acids is 4. The highest BCUT2D eigenvalue weighted by molar-refractivity contribution is 6.04. The van der Waals surface area contributed by atoms with Crippen LogP contribution in [0, 0.1) is 5.92 Å². The van der Waals surface area contributed by atoms with Crippen LogP contribution in [0.1, 0.15) is 20.8 Å². The molecule has 2 aromatic rings. The van der Waals surface area contributed by atoms with Crippen LogP contribution in [-0.2, 0) is 30.4 Å². The topological polar surface area (TPSA) is 172 Å². The van der Waals surface area contributed by atoms with Gasteiger partial charge in [0.05, 0.1) is 13.4 Å². The molecule has 1 aliphatic rings. The minimum Gasteiger partial charge on any atom is -0.469 e.